The van der Waals surface area contributed by atoms with Gasteiger partial charge in [0.25, 0.3) is 5.91 Å². The Bertz CT molecular complexity index is 1090. The Kier molecular flexibility index (Phi) is 4.23. The minimum atomic E-state index is -0.359. The average Bonchev–Trinajstić information content (AvgIpc) is 3.41. The third kappa shape index (κ3) is 3.59. The van der Waals surface area contributed by atoms with Crippen molar-refractivity contribution in [3.05, 3.63) is 57.5 Å². The van der Waals surface area contributed by atoms with E-state index in [1.807, 2.05) is 6.07 Å². The summed E-state index contributed by atoms with van der Waals surface area (Å²) in [4.78, 5) is 39.2. The molecule has 27 heavy (non-hydrogen) atoms. The van der Waals surface area contributed by atoms with Gasteiger partial charge in [0, 0.05) is 41.7 Å². The van der Waals surface area contributed by atoms with E-state index in [0.29, 0.717) is 28.2 Å². The molecule has 4 rings (SSSR count). The number of fused-ring (bicyclic) bond motifs is 1. The summed E-state index contributed by atoms with van der Waals surface area (Å²) in [6.07, 6.45) is 2.43. The van der Waals surface area contributed by atoms with Gasteiger partial charge in [-0.3, -0.25) is 19.5 Å². The monoisotopic (exact) mass is 365 g/mol. The fraction of sp³-hybridized carbons (Fsp3) is 0.263. The van der Waals surface area contributed by atoms with E-state index in [1.54, 1.807) is 18.2 Å². The van der Waals surface area contributed by atoms with Crippen LogP contribution in [0.1, 0.15) is 40.5 Å². The molecule has 1 fully saturated rings. The first kappa shape index (κ1) is 17.0. The third-order valence-electron chi connectivity index (χ3n) is 4.61. The number of rotatable bonds is 5. The molecule has 1 aliphatic rings. The smallest absolute Gasteiger partial charge is 0.267 e. The number of H-pyrrole nitrogens is 2. The lowest BCUT2D eigenvalue weighted by Gasteiger charge is -2.06. The molecule has 2 aromatic heterocycles. The third-order valence-corrected chi connectivity index (χ3v) is 4.61. The van der Waals surface area contributed by atoms with E-state index in [1.165, 1.54) is 13.1 Å². The number of nitrogens with zero attached hydrogens (tertiary/aromatic N) is 1. The van der Waals surface area contributed by atoms with Gasteiger partial charge in [0.15, 0.2) is 11.2 Å². The number of amides is 2. The van der Waals surface area contributed by atoms with Gasteiger partial charge in [-0.05, 0) is 30.5 Å². The molecule has 0 bridgehead atoms. The van der Waals surface area contributed by atoms with Crippen molar-refractivity contribution in [1.29, 1.82) is 0 Å². The van der Waals surface area contributed by atoms with E-state index in [0.717, 1.165) is 18.5 Å². The summed E-state index contributed by atoms with van der Waals surface area (Å²) in [5.41, 5.74) is 2.23. The Morgan fingerprint density at radius 3 is 2.78 bits per heavy atom. The molecule has 1 aromatic carbocycles. The summed E-state index contributed by atoms with van der Waals surface area (Å²) in [5.74, 6) is 0.481. The van der Waals surface area contributed by atoms with Gasteiger partial charge in [-0.1, -0.05) is 6.07 Å². The highest BCUT2D eigenvalue weighted by Gasteiger charge is 2.25. The quantitative estimate of drug-likeness (QED) is 0.550. The second-order valence-corrected chi connectivity index (χ2v) is 6.71. The lowest BCUT2D eigenvalue weighted by Crippen LogP contribution is -2.21. The van der Waals surface area contributed by atoms with E-state index in [2.05, 4.69) is 25.8 Å². The fourth-order valence-electron chi connectivity index (χ4n) is 3.04. The maximum absolute atomic E-state index is 12.3. The van der Waals surface area contributed by atoms with Gasteiger partial charge in [0.1, 0.15) is 5.69 Å². The van der Waals surface area contributed by atoms with E-state index in [9.17, 15) is 14.4 Å². The minimum Gasteiger partial charge on any atom is -0.354 e. The molecule has 8 heteroatoms. The van der Waals surface area contributed by atoms with Gasteiger partial charge in [-0.2, -0.15) is 5.10 Å². The number of hydrogen-bond acceptors (Lipinski definition) is 4. The zero-order chi connectivity index (χ0) is 19.0. The molecule has 0 unspecified atom stereocenters. The van der Waals surface area contributed by atoms with Crippen LogP contribution in [0.4, 0.5) is 5.82 Å². The van der Waals surface area contributed by atoms with Gasteiger partial charge in [0.05, 0.1) is 6.42 Å². The Labute approximate surface area is 154 Å². The highest BCUT2D eigenvalue weighted by Crippen LogP contribution is 2.39. The molecule has 0 radical (unpaired) electrons. The molecular weight excluding hydrogens is 346 g/mol. The number of anilines is 1. The first-order valence-corrected chi connectivity index (χ1v) is 8.76. The Morgan fingerprint density at radius 2 is 2.04 bits per heavy atom. The van der Waals surface area contributed by atoms with Crippen molar-refractivity contribution in [3.63, 3.8) is 0 Å². The van der Waals surface area contributed by atoms with Crippen LogP contribution in [0.2, 0.25) is 0 Å². The van der Waals surface area contributed by atoms with Crippen LogP contribution in [-0.4, -0.2) is 34.0 Å². The van der Waals surface area contributed by atoms with Gasteiger partial charge in [-0.15, -0.1) is 0 Å². The van der Waals surface area contributed by atoms with Crippen molar-refractivity contribution in [3.8, 4) is 0 Å². The highest BCUT2D eigenvalue weighted by molar-refractivity contribution is 5.95. The number of aromatic nitrogens is 3. The number of nitrogens with one attached hydrogen (secondary N) is 4. The predicted octanol–water partition coefficient (Wildman–Crippen LogP) is 1.67. The van der Waals surface area contributed by atoms with Crippen LogP contribution in [0.3, 0.4) is 0 Å². The second kappa shape index (κ2) is 6.71. The van der Waals surface area contributed by atoms with E-state index in [4.69, 9.17) is 0 Å². The summed E-state index contributed by atoms with van der Waals surface area (Å²) in [7, 11) is 1.50. The Balaban J connectivity index is 1.51. The molecule has 0 aliphatic heterocycles. The van der Waals surface area contributed by atoms with Gasteiger partial charge in [0.2, 0.25) is 5.91 Å². The normalized spacial score (nSPS) is 13.5. The van der Waals surface area contributed by atoms with Gasteiger partial charge >= 0.3 is 0 Å². The molecule has 2 heterocycles. The van der Waals surface area contributed by atoms with Crippen molar-refractivity contribution < 1.29 is 9.59 Å². The Morgan fingerprint density at radius 1 is 1.22 bits per heavy atom. The highest BCUT2D eigenvalue weighted by atomic mass is 16.2. The van der Waals surface area contributed by atoms with E-state index < -0.39 is 0 Å². The maximum atomic E-state index is 12.3. The topological polar surface area (TPSA) is 120 Å². The van der Waals surface area contributed by atoms with Gasteiger partial charge in [-0.25, -0.2) is 0 Å². The maximum Gasteiger partial charge on any atom is 0.267 e. The van der Waals surface area contributed by atoms with Crippen molar-refractivity contribution in [2.75, 3.05) is 12.4 Å². The fourth-order valence-corrected chi connectivity index (χ4v) is 3.04. The van der Waals surface area contributed by atoms with Gasteiger partial charge < -0.3 is 15.6 Å². The van der Waals surface area contributed by atoms with Crippen LogP contribution in [0, 0.1) is 0 Å². The zero-order valence-electron chi connectivity index (χ0n) is 14.8. The summed E-state index contributed by atoms with van der Waals surface area (Å²) in [5, 5.41) is 12.7. The number of aromatic amines is 2. The van der Waals surface area contributed by atoms with Crippen molar-refractivity contribution in [2.45, 2.75) is 25.2 Å². The molecule has 1 saturated carbocycles. The summed E-state index contributed by atoms with van der Waals surface area (Å²) < 4.78 is 0. The molecule has 0 saturated heterocycles. The van der Waals surface area contributed by atoms with Crippen LogP contribution < -0.4 is 16.1 Å². The lowest BCUT2D eigenvalue weighted by atomic mass is 10.1. The SMILES string of the molecule is CNC(=O)c1cc(=O)c2cc(CC(=O)Nc3cc(C4CC4)[nH]n3)ccc2[nH]1. The minimum absolute atomic E-state index is 0.123. The predicted molar refractivity (Wildman–Crippen MR) is 101 cm³/mol. The van der Waals surface area contributed by atoms with Crippen LogP contribution in [0.15, 0.2) is 35.1 Å². The summed E-state index contributed by atoms with van der Waals surface area (Å²) >= 11 is 0. The molecular formula is C19H19N5O3. The molecule has 4 N–H and O–H groups in total. The van der Waals surface area contributed by atoms with E-state index in [-0.39, 0.29) is 29.4 Å². The number of pyridine rings is 1. The summed E-state index contributed by atoms with van der Waals surface area (Å²) in [6, 6.07) is 8.24. The first-order valence-electron chi connectivity index (χ1n) is 8.76. The molecule has 0 atom stereocenters. The molecule has 8 nitrogen and oxygen atoms in total. The largest absolute Gasteiger partial charge is 0.354 e. The molecule has 1 aliphatic carbocycles. The first-order chi connectivity index (χ1) is 13.0. The lowest BCUT2D eigenvalue weighted by molar-refractivity contribution is -0.115. The standard InChI is InChI=1S/C19H19N5O3/c1-20-19(27)15-8-16(25)12-6-10(2-5-13(12)21-15)7-18(26)22-17-9-14(23-24-17)11-3-4-11/h2,5-6,8-9,11H,3-4,7H2,1H3,(H,20,27)(H,21,25)(H2,22,23,24,26). The molecule has 3 aromatic rings. The average molecular weight is 365 g/mol. The van der Waals surface area contributed by atoms with Crippen molar-refractivity contribution in [1.82, 2.24) is 20.5 Å². The van der Waals surface area contributed by atoms with Crippen molar-refractivity contribution >= 4 is 28.5 Å². The van der Waals surface area contributed by atoms with Crippen LogP contribution in [-0.2, 0) is 11.2 Å². The van der Waals surface area contributed by atoms with Crippen molar-refractivity contribution in [2.24, 2.45) is 0 Å². The van der Waals surface area contributed by atoms with Crippen LogP contribution >= 0.6 is 0 Å². The Hall–Kier alpha value is -3.42. The zero-order valence-corrected chi connectivity index (χ0v) is 14.8. The number of benzene rings is 1. The number of carbonyl (C=O) groups excluding carboxylic acids is 2. The van der Waals surface area contributed by atoms with Crippen LogP contribution in [0.25, 0.3) is 10.9 Å². The molecule has 2 amide bonds. The van der Waals surface area contributed by atoms with E-state index >= 15 is 0 Å². The molecule has 0 spiro atoms. The molecule has 138 valence electrons. The number of carbonyl (C=O) groups is 2. The second-order valence-electron chi connectivity index (χ2n) is 6.71. The summed E-state index contributed by atoms with van der Waals surface area (Å²) in [6.45, 7) is 0. The van der Waals surface area contributed by atoms with Crippen LogP contribution in [0.5, 0.6) is 0 Å². The number of hydrogen-bond donors (Lipinski definition) is 4.